The van der Waals surface area contributed by atoms with Crippen molar-refractivity contribution in [3.63, 3.8) is 0 Å². The maximum atomic E-state index is 14.9. The van der Waals surface area contributed by atoms with Crippen LogP contribution in [0.1, 0.15) is 22.5 Å². The molecule has 0 spiro atoms. The van der Waals surface area contributed by atoms with E-state index in [1.807, 2.05) is 0 Å². The van der Waals surface area contributed by atoms with Gasteiger partial charge in [-0.15, -0.1) is 0 Å². The van der Waals surface area contributed by atoms with Crippen LogP contribution in [0.15, 0.2) is 85.2 Å². The Hall–Kier alpha value is -4.15. The summed E-state index contributed by atoms with van der Waals surface area (Å²) in [5.41, 5.74) is 2.02. The van der Waals surface area contributed by atoms with Crippen molar-refractivity contribution >= 4 is 17.2 Å². The minimum Gasteiger partial charge on any atom is -0.348 e. The van der Waals surface area contributed by atoms with E-state index in [1.54, 1.807) is 70.1 Å². The zero-order valence-corrected chi connectivity index (χ0v) is 21.0. The number of anilines is 2. The molecule has 40 heavy (non-hydrogen) atoms. The van der Waals surface area contributed by atoms with E-state index in [2.05, 4.69) is 0 Å². The third kappa shape index (κ3) is 4.52. The summed E-state index contributed by atoms with van der Waals surface area (Å²) >= 11 is 0. The summed E-state index contributed by atoms with van der Waals surface area (Å²) in [5, 5.41) is 0. The normalized spacial score (nSPS) is 16.6. The summed E-state index contributed by atoms with van der Waals surface area (Å²) in [7, 11) is 0. The Balaban J connectivity index is 1.50. The molecule has 0 saturated carbocycles. The van der Waals surface area contributed by atoms with Crippen molar-refractivity contribution in [1.29, 1.82) is 0 Å². The molecule has 0 amide bonds. The van der Waals surface area contributed by atoms with Crippen LogP contribution >= 0.6 is 0 Å². The lowest BCUT2D eigenvalue weighted by atomic mass is 9.97. The van der Waals surface area contributed by atoms with E-state index in [0.29, 0.717) is 22.5 Å². The molecule has 11 heteroatoms. The maximum absolute atomic E-state index is 14.9. The van der Waals surface area contributed by atoms with E-state index in [9.17, 15) is 31.1 Å². The Bertz CT molecular complexity index is 1440. The Morgan fingerprint density at radius 3 is 1.38 bits per heavy atom. The fraction of sp³-hybridized carbons (Fsp3) is 0.276. The first-order valence-electron chi connectivity index (χ1n) is 12.7. The zero-order chi connectivity index (χ0) is 28.2. The molecule has 4 aromatic rings. The van der Waals surface area contributed by atoms with Crippen LogP contribution in [0.2, 0.25) is 0 Å². The van der Waals surface area contributed by atoms with Crippen molar-refractivity contribution in [3.8, 4) is 0 Å². The van der Waals surface area contributed by atoms with Crippen LogP contribution < -0.4 is 9.80 Å². The van der Waals surface area contributed by atoms with Gasteiger partial charge in [-0.25, -0.2) is 0 Å². The number of para-hydroxylation sites is 2. The topological polar surface area (TPSA) is 33.4 Å². The van der Waals surface area contributed by atoms with Crippen LogP contribution in [0, 0.1) is 0 Å². The average Bonchev–Trinajstić information content (AvgIpc) is 3.44. The van der Waals surface area contributed by atoms with Gasteiger partial charge >= 0.3 is 12.4 Å². The molecular weight excluding hydrogens is 534 g/mol. The minimum atomic E-state index is -5.29. The molecule has 6 rings (SSSR count). The van der Waals surface area contributed by atoms with E-state index in [4.69, 9.17) is 0 Å². The predicted molar refractivity (Wildman–Crippen MR) is 137 cm³/mol. The van der Waals surface area contributed by atoms with Gasteiger partial charge in [0.1, 0.15) is 0 Å². The van der Waals surface area contributed by atoms with Gasteiger partial charge in [0.2, 0.25) is 0 Å². The Morgan fingerprint density at radius 2 is 0.975 bits per heavy atom. The predicted octanol–water partition coefficient (Wildman–Crippen LogP) is 6.16. The third-order valence-corrected chi connectivity index (χ3v) is 7.58. The lowest BCUT2D eigenvalue weighted by Gasteiger charge is -2.40. The van der Waals surface area contributed by atoms with Crippen molar-refractivity contribution in [2.75, 3.05) is 9.80 Å². The number of nitrogens with zero attached hydrogens (tertiary/aromatic N) is 4. The molecule has 2 unspecified atom stereocenters. The van der Waals surface area contributed by atoms with Crippen LogP contribution in [-0.2, 0) is 31.0 Å². The number of rotatable bonds is 4. The van der Waals surface area contributed by atoms with Gasteiger partial charge in [-0.05, 0) is 47.5 Å². The number of ketones is 1. The van der Waals surface area contributed by atoms with Gasteiger partial charge in [-0.3, -0.25) is 4.79 Å². The monoisotopic (exact) mass is 558 g/mol. The Morgan fingerprint density at radius 1 is 0.575 bits per heavy atom. The SMILES string of the molecule is O=C(C(N1Cc2cccn2Cc2ccccc21)C(F)(F)F)C(N1Cc2cccn2Cc2ccccc21)C(F)(F)F. The fourth-order valence-electron chi connectivity index (χ4n) is 5.82. The number of Topliss-reactive ketones (excluding diaryl/α,β-unsaturated/α-hetero) is 1. The average molecular weight is 559 g/mol. The van der Waals surface area contributed by atoms with Gasteiger partial charge in [0.05, 0.1) is 13.1 Å². The van der Waals surface area contributed by atoms with E-state index in [1.165, 1.54) is 24.3 Å². The first kappa shape index (κ1) is 26.1. The lowest BCUT2D eigenvalue weighted by molar-refractivity contribution is -0.182. The summed E-state index contributed by atoms with van der Waals surface area (Å²) in [6.07, 6.45) is -7.19. The summed E-state index contributed by atoms with van der Waals surface area (Å²) in [6, 6.07) is 12.9. The highest BCUT2D eigenvalue weighted by molar-refractivity contribution is 5.96. The number of hydrogen-bond acceptors (Lipinski definition) is 3. The third-order valence-electron chi connectivity index (χ3n) is 7.58. The summed E-state index contributed by atoms with van der Waals surface area (Å²) in [6.45, 7) is -0.312. The van der Waals surface area contributed by atoms with Crippen LogP contribution in [-0.4, -0.2) is 39.4 Å². The smallest absolute Gasteiger partial charge is 0.348 e. The molecule has 0 radical (unpaired) electrons. The standard InChI is InChI=1S/C29H24F6N4O/c30-28(31,32)26(38-17-21-9-5-13-36(21)15-19-7-1-3-11-23(19)38)25(40)27(29(33,34)35)39-18-22-10-6-14-37(22)16-20-8-2-4-12-24(20)39/h1-14,26-27H,15-18H2. The van der Waals surface area contributed by atoms with Gasteiger partial charge in [0.25, 0.3) is 0 Å². The van der Waals surface area contributed by atoms with Crippen LogP contribution in [0.4, 0.5) is 37.7 Å². The number of carbonyl (C=O) groups excluding carboxylic acids is 1. The summed E-state index contributed by atoms with van der Waals surface area (Å²) in [4.78, 5) is 15.5. The Kier molecular flexibility index (Phi) is 6.19. The molecule has 2 aliphatic heterocycles. The van der Waals surface area contributed by atoms with Crippen molar-refractivity contribution in [1.82, 2.24) is 9.13 Å². The minimum absolute atomic E-state index is 0.0768. The highest BCUT2D eigenvalue weighted by atomic mass is 19.4. The quantitative estimate of drug-likeness (QED) is 0.282. The molecule has 0 fully saturated rings. The highest BCUT2D eigenvalue weighted by Gasteiger charge is 2.59. The molecule has 2 aromatic heterocycles. The number of alkyl halides is 6. The highest BCUT2D eigenvalue weighted by Crippen LogP contribution is 2.41. The lowest BCUT2D eigenvalue weighted by Crippen LogP contribution is -2.61. The largest absolute Gasteiger partial charge is 0.416 e. The number of carbonyl (C=O) groups is 1. The molecule has 5 nitrogen and oxygen atoms in total. The Labute approximate surface area is 225 Å². The van der Waals surface area contributed by atoms with Crippen LogP contribution in [0.5, 0.6) is 0 Å². The molecule has 4 heterocycles. The number of aromatic nitrogens is 2. The van der Waals surface area contributed by atoms with Gasteiger partial charge in [0, 0.05) is 48.2 Å². The van der Waals surface area contributed by atoms with E-state index < -0.39 is 30.2 Å². The van der Waals surface area contributed by atoms with Crippen molar-refractivity contribution in [2.24, 2.45) is 0 Å². The molecular formula is C29H24F6N4O. The van der Waals surface area contributed by atoms with Crippen molar-refractivity contribution in [3.05, 3.63) is 108 Å². The molecule has 0 aliphatic carbocycles. The van der Waals surface area contributed by atoms with Gasteiger partial charge < -0.3 is 18.9 Å². The summed E-state index contributed by atoms with van der Waals surface area (Å²) < 4.78 is 92.9. The summed E-state index contributed by atoms with van der Waals surface area (Å²) in [5.74, 6) is -1.97. The number of fused-ring (bicyclic) bond motifs is 4. The zero-order valence-electron chi connectivity index (χ0n) is 21.0. The second-order valence-electron chi connectivity index (χ2n) is 10.1. The van der Waals surface area contributed by atoms with Crippen LogP contribution in [0.3, 0.4) is 0 Å². The number of hydrogen-bond donors (Lipinski definition) is 0. The first-order valence-corrected chi connectivity index (χ1v) is 12.7. The molecule has 2 atom stereocenters. The van der Waals surface area contributed by atoms with Crippen molar-refractivity contribution in [2.45, 2.75) is 50.6 Å². The van der Waals surface area contributed by atoms with E-state index >= 15 is 0 Å². The molecule has 0 saturated heterocycles. The molecule has 208 valence electrons. The number of benzene rings is 2. The van der Waals surface area contributed by atoms with Gasteiger partial charge in [-0.1, -0.05) is 36.4 Å². The fourth-order valence-corrected chi connectivity index (χ4v) is 5.82. The number of halogens is 6. The van der Waals surface area contributed by atoms with Gasteiger partial charge in [0.15, 0.2) is 17.9 Å². The van der Waals surface area contributed by atoms with E-state index in [0.717, 1.165) is 9.80 Å². The second-order valence-corrected chi connectivity index (χ2v) is 10.1. The molecule has 2 aliphatic rings. The van der Waals surface area contributed by atoms with E-state index in [-0.39, 0.29) is 37.6 Å². The second kappa shape index (κ2) is 9.50. The van der Waals surface area contributed by atoms with Gasteiger partial charge in [-0.2, -0.15) is 26.3 Å². The maximum Gasteiger partial charge on any atom is 0.416 e. The van der Waals surface area contributed by atoms with Crippen molar-refractivity contribution < 1.29 is 31.1 Å². The molecule has 2 aromatic carbocycles. The van der Waals surface area contributed by atoms with Crippen LogP contribution in [0.25, 0.3) is 0 Å². The molecule has 0 bridgehead atoms. The molecule has 0 N–H and O–H groups in total. The first-order chi connectivity index (χ1) is 19.0.